The van der Waals surface area contributed by atoms with Gasteiger partial charge in [0.2, 0.25) is 0 Å². The summed E-state index contributed by atoms with van der Waals surface area (Å²) in [6.45, 7) is 3.63. The lowest BCUT2D eigenvalue weighted by Crippen LogP contribution is -2.21. The van der Waals surface area contributed by atoms with Gasteiger partial charge in [-0.1, -0.05) is 25.3 Å². The SMILES string of the molecule is C=CCCCCCCCC(=O)[O-]. The van der Waals surface area contributed by atoms with Crippen LogP contribution in [-0.2, 0) is 4.79 Å². The van der Waals surface area contributed by atoms with Gasteiger partial charge in [-0.25, -0.2) is 0 Å². The monoisotopic (exact) mass is 169 g/mol. The summed E-state index contributed by atoms with van der Waals surface area (Å²) in [6.07, 6.45) is 8.44. The first-order valence-electron chi connectivity index (χ1n) is 4.58. The molecule has 0 spiro atoms. The molecule has 0 saturated carbocycles. The molecule has 0 aliphatic carbocycles. The number of rotatable bonds is 8. The molecule has 0 atom stereocenters. The van der Waals surface area contributed by atoms with E-state index in [1.165, 1.54) is 12.8 Å². The number of unbranched alkanes of at least 4 members (excludes halogenated alkanes) is 5. The van der Waals surface area contributed by atoms with Crippen LogP contribution in [0.4, 0.5) is 0 Å². The van der Waals surface area contributed by atoms with Crippen molar-refractivity contribution in [3.8, 4) is 0 Å². The smallest absolute Gasteiger partial charge is 0.0414 e. The number of aliphatic carboxylic acids is 1. The van der Waals surface area contributed by atoms with E-state index in [9.17, 15) is 9.90 Å². The Hall–Kier alpha value is -0.790. The highest BCUT2D eigenvalue weighted by atomic mass is 16.4. The summed E-state index contributed by atoms with van der Waals surface area (Å²) >= 11 is 0. The summed E-state index contributed by atoms with van der Waals surface area (Å²) < 4.78 is 0. The number of carbonyl (C=O) groups excluding carboxylic acids is 1. The molecule has 0 bridgehead atoms. The van der Waals surface area contributed by atoms with Crippen molar-refractivity contribution in [1.29, 1.82) is 0 Å². The van der Waals surface area contributed by atoms with Crippen molar-refractivity contribution in [2.75, 3.05) is 0 Å². The first-order chi connectivity index (χ1) is 5.77. The summed E-state index contributed by atoms with van der Waals surface area (Å²) in [4.78, 5) is 10.0. The Kier molecular flexibility index (Phi) is 7.76. The second-order valence-corrected chi connectivity index (χ2v) is 2.97. The zero-order chi connectivity index (χ0) is 9.23. The van der Waals surface area contributed by atoms with Gasteiger partial charge in [0, 0.05) is 5.97 Å². The predicted molar refractivity (Wildman–Crippen MR) is 47.5 cm³/mol. The lowest BCUT2D eigenvalue weighted by Gasteiger charge is -2.01. The van der Waals surface area contributed by atoms with E-state index in [1.807, 2.05) is 6.08 Å². The number of allylic oxidation sites excluding steroid dienone is 1. The molecular formula is C10H17O2-. The van der Waals surface area contributed by atoms with Crippen molar-refractivity contribution in [3.05, 3.63) is 12.7 Å². The fourth-order valence-electron chi connectivity index (χ4n) is 1.09. The van der Waals surface area contributed by atoms with E-state index in [2.05, 4.69) is 6.58 Å². The molecule has 0 aromatic heterocycles. The van der Waals surface area contributed by atoms with Crippen molar-refractivity contribution >= 4 is 5.97 Å². The van der Waals surface area contributed by atoms with E-state index in [1.54, 1.807) is 0 Å². The fraction of sp³-hybridized carbons (Fsp3) is 0.700. The van der Waals surface area contributed by atoms with Gasteiger partial charge in [-0.3, -0.25) is 0 Å². The molecule has 0 aliphatic heterocycles. The van der Waals surface area contributed by atoms with Crippen molar-refractivity contribution in [3.63, 3.8) is 0 Å². The second kappa shape index (κ2) is 8.31. The average Bonchev–Trinajstić information content (AvgIpc) is 2.02. The fourth-order valence-corrected chi connectivity index (χ4v) is 1.09. The van der Waals surface area contributed by atoms with E-state index in [0.29, 0.717) is 0 Å². The second-order valence-electron chi connectivity index (χ2n) is 2.97. The zero-order valence-electron chi connectivity index (χ0n) is 7.55. The van der Waals surface area contributed by atoms with Crippen LogP contribution >= 0.6 is 0 Å². The molecule has 0 radical (unpaired) electrons. The summed E-state index contributed by atoms with van der Waals surface area (Å²) in [7, 11) is 0. The Bertz CT molecular complexity index is 130. The maximum Gasteiger partial charge on any atom is 0.0414 e. The molecule has 0 saturated heterocycles. The maximum atomic E-state index is 10.0. The highest BCUT2D eigenvalue weighted by Gasteiger charge is 1.90. The Morgan fingerprint density at radius 2 is 1.75 bits per heavy atom. The molecule has 0 rings (SSSR count). The van der Waals surface area contributed by atoms with Crippen LogP contribution in [0.2, 0.25) is 0 Å². The summed E-state index contributed by atoms with van der Waals surface area (Å²) in [6, 6.07) is 0. The molecule has 0 aromatic carbocycles. The van der Waals surface area contributed by atoms with E-state index in [4.69, 9.17) is 0 Å². The topological polar surface area (TPSA) is 40.1 Å². The predicted octanol–water partition coefficient (Wildman–Crippen LogP) is 1.65. The van der Waals surface area contributed by atoms with E-state index in [0.717, 1.165) is 25.7 Å². The first-order valence-corrected chi connectivity index (χ1v) is 4.58. The van der Waals surface area contributed by atoms with Crippen LogP contribution in [0.15, 0.2) is 12.7 Å². The normalized spacial score (nSPS) is 9.67. The van der Waals surface area contributed by atoms with Crippen molar-refractivity contribution < 1.29 is 9.90 Å². The molecule has 2 nitrogen and oxygen atoms in total. The number of carboxylic acid groups (broad SMARTS) is 1. The van der Waals surface area contributed by atoms with E-state index in [-0.39, 0.29) is 6.42 Å². The average molecular weight is 169 g/mol. The molecule has 0 aliphatic rings. The van der Waals surface area contributed by atoms with E-state index < -0.39 is 5.97 Å². The third-order valence-corrected chi connectivity index (χ3v) is 1.79. The minimum absolute atomic E-state index is 0.210. The van der Waals surface area contributed by atoms with Gasteiger partial charge in [-0.15, -0.1) is 6.58 Å². The number of hydrogen-bond donors (Lipinski definition) is 0. The third kappa shape index (κ3) is 9.21. The van der Waals surface area contributed by atoms with Gasteiger partial charge in [-0.2, -0.15) is 0 Å². The van der Waals surface area contributed by atoms with Gasteiger partial charge in [0.15, 0.2) is 0 Å². The minimum atomic E-state index is -0.930. The summed E-state index contributed by atoms with van der Waals surface area (Å²) in [5.74, 6) is -0.930. The van der Waals surface area contributed by atoms with Gasteiger partial charge in [0.25, 0.3) is 0 Å². The summed E-state index contributed by atoms with van der Waals surface area (Å²) in [5.41, 5.74) is 0. The van der Waals surface area contributed by atoms with Crippen LogP contribution < -0.4 is 5.11 Å². The van der Waals surface area contributed by atoms with E-state index >= 15 is 0 Å². The Labute approximate surface area is 74.3 Å². The van der Waals surface area contributed by atoms with Crippen molar-refractivity contribution in [2.45, 2.75) is 44.9 Å². The lowest BCUT2D eigenvalue weighted by molar-refractivity contribution is -0.305. The zero-order valence-corrected chi connectivity index (χ0v) is 7.55. The van der Waals surface area contributed by atoms with Gasteiger partial charge >= 0.3 is 0 Å². The molecule has 0 aromatic rings. The third-order valence-electron chi connectivity index (χ3n) is 1.79. The Morgan fingerprint density at radius 1 is 1.17 bits per heavy atom. The van der Waals surface area contributed by atoms with Crippen molar-refractivity contribution in [2.24, 2.45) is 0 Å². The highest BCUT2D eigenvalue weighted by molar-refractivity contribution is 5.63. The Balaban J connectivity index is 2.90. The largest absolute Gasteiger partial charge is 0.550 e. The van der Waals surface area contributed by atoms with Gasteiger partial charge in [0.1, 0.15) is 0 Å². The van der Waals surface area contributed by atoms with Crippen molar-refractivity contribution in [1.82, 2.24) is 0 Å². The number of hydrogen-bond acceptors (Lipinski definition) is 2. The highest BCUT2D eigenvalue weighted by Crippen LogP contribution is 2.06. The molecule has 0 heterocycles. The van der Waals surface area contributed by atoms with Crippen LogP contribution in [0.5, 0.6) is 0 Å². The Morgan fingerprint density at radius 3 is 2.33 bits per heavy atom. The molecular weight excluding hydrogens is 152 g/mol. The first kappa shape index (κ1) is 11.2. The molecule has 0 unspecified atom stereocenters. The number of carboxylic acids is 1. The molecule has 0 fully saturated rings. The molecule has 12 heavy (non-hydrogen) atoms. The molecule has 0 amide bonds. The van der Waals surface area contributed by atoms with Crippen LogP contribution in [0.1, 0.15) is 44.9 Å². The van der Waals surface area contributed by atoms with Gasteiger partial charge < -0.3 is 9.90 Å². The lowest BCUT2D eigenvalue weighted by atomic mass is 10.1. The quantitative estimate of drug-likeness (QED) is 0.409. The van der Waals surface area contributed by atoms with Crippen LogP contribution in [0.25, 0.3) is 0 Å². The van der Waals surface area contributed by atoms with Crippen LogP contribution in [-0.4, -0.2) is 5.97 Å². The standard InChI is InChI=1S/C10H18O2/c1-2-3-4-5-6-7-8-9-10(11)12/h2H,1,3-9H2,(H,11,12)/p-1. The number of carbonyl (C=O) groups is 1. The molecule has 0 N–H and O–H groups in total. The van der Waals surface area contributed by atoms with Crippen LogP contribution in [0, 0.1) is 0 Å². The maximum absolute atomic E-state index is 10.0. The van der Waals surface area contributed by atoms with Gasteiger partial charge in [0.05, 0.1) is 0 Å². The summed E-state index contributed by atoms with van der Waals surface area (Å²) in [5, 5.41) is 10.0. The molecule has 2 heteroatoms. The molecule has 70 valence electrons. The van der Waals surface area contributed by atoms with Gasteiger partial charge in [-0.05, 0) is 25.7 Å². The minimum Gasteiger partial charge on any atom is -0.550 e. The van der Waals surface area contributed by atoms with Crippen LogP contribution in [0.3, 0.4) is 0 Å².